The number of nitrogens with one attached hydrogen (secondary N) is 2. The van der Waals surface area contributed by atoms with Gasteiger partial charge in [-0.3, -0.25) is 19.6 Å². The average molecular weight is 496 g/mol. The summed E-state index contributed by atoms with van der Waals surface area (Å²) in [6.07, 6.45) is 6.14. The minimum atomic E-state index is -0.343. The Hall–Kier alpha value is -3.49. The zero-order chi connectivity index (χ0) is 23.3. The number of pyridine rings is 3. The molecule has 2 N–H and O–H groups in total. The predicted octanol–water partition coefficient (Wildman–Crippen LogP) is 2.87. The molecule has 167 valence electrons. The zero-order valence-electron chi connectivity index (χ0n) is 17.1. The summed E-state index contributed by atoms with van der Waals surface area (Å²) in [6, 6.07) is 11.7. The number of hydrogen-bond acceptors (Lipinski definition) is 7. The van der Waals surface area contributed by atoms with Gasteiger partial charge in [0, 0.05) is 35.9 Å². The molecule has 0 atom stereocenters. The summed E-state index contributed by atoms with van der Waals surface area (Å²) in [5.41, 5.74) is 8.07. The number of hydrogen-bond donors (Lipinski definition) is 2. The standard InChI is InChI=1S/C21H19N7O2.ClH.Ni/c1-14(25-27-20(29)16-6-10-22-11-7-16)18-4-3-5-19(24-18)15(2)26-28-21(30)17-8-12-23-13-9-17;;/h3-13H,1-2H3,(H,27,29)(H,28,30);1H;/q;;+1/p-1. The maximum absolute atomic E-state index is 12.1. The molecular weight excluding hydrogens is 476 g/mol. The van der Waals surface area contributed by atoms with Gasteiger partial charge in [-0.15, -0.1) is 0 Å². The van der Waals surface area contributed by atoms with Crippen molar-refractivity contribution in [2.75, 3.05) is 0 Å². The number of nitrogens with zero attached hydrogens (tertiary/aromatic N) is 5. The van der Waals surface area contributed by atoms with E-state index in [2.05, 4.69) is 60.8 Å². The van der Waals surface area contributed by atoms with Gasteiger partial charge >= 0.3 is 24.8 Å². The first kappa shape index (κ1) is 24.8. The molecule has 0 aliphatic carbocycles. The molecule has 0 aromatic carbocycles. The van der Waals surface area contributed by atoms with Crippen LogP contribution in [0.5, 0.6) is 0 Å². The molecule has 0 unspecified atom stereocenters. The van der Waals surface area contributed by atoms with Crippen molar-refractivity contribution >= 4 is 33.4 Å². The summed E-state index contributed by atoms with van der Waals surface area (Å²) in [6.45, 7) is 3.47. The molecule has 0 saturated heterocycles. The second-order valence-electron chi connectivity index (χ2n) is 6.16. The van der Waals surface area contributed by atoms with Crippen LogP contribution >= 0.6 is 10.2 Å². The fourth-order valence-electron chi connectivity index (χ4n) is 2.36. The Labute approximate surface area is 197 Å². The number of hydrazone groups is 2. The summed E-state index contributed by atoms with van der Waals surface area (Å²) in [5.74, 6) is -0.686. The van der Waals surface area contributed by atoms with Crippen LogP contribution in [0.1, 0.15) is 46.0 Å². The van der Waals surface area contributed by atoms with Crippen molar-refractivity contribution in [3.05, 3.63) is 89.8 Å². The molecule has 32 heavy (non-hydrogen) atoms. The van der Waals surface area contributed by atoms with Crippen LogP contribution < -0.4 is 10.9 Å². The zero-order valence-corrected chi connectivity index (χ0v) is 18.8. The quantitative estimate of drug-likeness (QED) is 0.309. The van der Waals surface area contributed by atoms with E-state index >= 15 is 0 Å². The molecule has 11 heteroatoms. The first-order valence-corrected chi connectivity index (χ1v) is 10.5. The van der Waals surface area contributed by atoms with Gasteiger partial charge in [-0.2, -0.15) is 10.2 Å². The average Bonchev–Trinajstić information content (AvgIpc) is 2.87. The molecule has 0 bridgehead atoms. The van der Waals surface area contributed by atoms with E-state index in [0.717, 1.165) is 0 Å². The predicted molar refractivity (Wildman–Crippen MR) is 118 cm³/mol. The molecule has 0 spiro atoms. The summed E-state index contributed by atoms with van der Waals surface area (Å²) >= 11 is 3.35. The second kappa shape index (κ2) is 13.0. The van der Waals surface area contributed by atoms with E-state index in [1.54, 1.807) is 56.3 Å². The van der Waals surface area contributed by atoms with Crippen LogP contribution in [0.25, 0.3) is 0 Å². The molecular formula is C21H19ClN7NiO2. The van der Waals surface area contributed by atoms with E-state index in [1.165, 1.54) is 24.8 Å². The van der Waals surface area contributed by atoms with E-state index < -0.39 is 0 Å². The van der Waals surface area contributed by atoms with E-state index in [4.69, 9.17) is 0 Å². The summed E-state index contributed by atoms with van der Waals surface area (Å²) < 4.78 is 0. The van der Waals surface area contributed by atoms with Gasteiger partial charge < -0.3 is 0 Å². The van der Waals surface area contributed by atoms with Crippen LogP contribution in [0.3, 0.4) is 0 Å². The fourth-order valence-corrected chi connectivity index (χ4v) is 2.36. The van der Waals surface area contributed by atoms with Crippen molar-refractivity contribution in [1.82, 2.24) is 25.8 Å². The van der Waals surface area contributed by atoms with Gasteiger partial charge in [0.25, 0.3) is 11.8 Å². The molecule has 3 aromatic rings. The number of rotatable bonds is 6. The van der Waals surface area contributed by atoms with Gasteiger partial charge in [0.1, 0.15) is 0 Å². The molecule has 9 nitrogen and oxygen atoms in total. The third-order valence-corrected chi connectivity index (χ3v) is 4.03. The van der Waals surface area contributed by atoms with E-state index in [1.807, 2.05) is 0 Å². The summed E-state index contributed by atoms with van der Waals surface area (Å²) in [7, 11) is 4.26. The summed E-state index contributed by atoms with van der Waals surface area (Å²) in [5, 5.41) is 8.21. The molecule has 0 radical (unpaired) electrons. The molecule has 3 heterocycles. The van der Waals surface area contributed by atoms with Crippen LogP contribution in [0.2, 0.25) is 0 Å². The Balaban J connectivity index is 0.00000176. The van der Waals surface area contributed by atoms with E-state index in [0.29, 0.717) is 33.9 Å². The molecule has 0 saturated carbocycles. The van der Waals surface area contributed by atoms with Gasteiger partial charge in [0.15, 0.2) is 0 Å². The van der Waals surface area contributed by atoms with Crippen molar-refractivity contribution in [3.8, 4) is 0 Å². The Morgan fingerprint density at radius 3 is 1.50 bits per heavy atom. The van der Waals surface area contributed by atoms with Gasteiger partial charge in [-0.05, 0) is 50.2 Å². The van der Waals surface area contributed by atoms with Crippen LogP contribution in [-0.4, -0.2) is 38.2 Å². The number of carbonyl (C=O) groups excluding carboxylic acids is 2. The van der Waals surface area contributed by atoms with Crippen molar-refractivity contribution < 1.29 is 24.2 Å². The number of amides is 2. The Kier molecular flexibility index (Phi) is 10.1. The second-order valence-corrected chi connectivity index (χ2v) is 6.16. The van der Waals surface area contributed by atoms with Crippen LogP contribution in [-0.2, 0) is 14.6 Å². The Morgan fingerprint density at radius 1 is 0.750 bits per heavy atom. The van der Waals surface area contributed by atoms with Crippen molar-refractivity contribution in [3.63, 3.8) is 0 Å². The van der Waals surface area contributed by atoms with Gasteiger partial charge in [-0.1, -0.05) is 6.07 Å². The monoisotopic (exact) mass is 494 g/mol. The maximum atomic E-state index is 12.1. The van der Waals surface area contributed by atoms with Crippen LogP contribution in [0.15, 0.2) is 77.5 Å². The molecule has 3 aromatic heterocycles. The molecule has 3 rings (SSSR count). The molecule has 0 aliphatic rings. The van der Waals surface area contributed by atoms with E-state index in [-0.39, 0.29) is 11.8 Å². The Bertz CT molecular complexity index is 1020. The SMILES string of the molecule is CC(=NNC(=O)c1ccncc1)c1cccc(C(C)=NNC(=O)c2ccncc2)n1.[Cl][Ni]. The van der Waals surface area contributed by atoms with Crippen molar-refractivity contribution in [1.29, 1.82) is 0 Å². The number of aromatic nitrogens is 3. The fraction of sp³-hybridized carbons (Fsp3) is 0.0952. The topological polar surface area (TPSA) is 122 Å². The van der Waals surface area contributed by atoms with Gasteiger partial charge in [-0.25, -0.2) is 15.8 Å². The van der Waals surface area contributed by atoms with Gasteiger partial charge in [0.2, 0.25) is 0 Å². The first-order valence-electron chi connectivity index (χ1n) is 9.13. The minimum absolute atomic E-state index is 0.343. The summed E-state index contributed by atoms with van der Waals surface area (Å²) in [4.78, 5) is 36.4. The van der Waals surface area contributed by atoms with Crippen molar-refractivity contribution in [2.45, 2.75) is 13.8 Å². The van der Waals surface area contributed by atoms with Gasteiger partial charge in [0.05, 0.1) is 22.8 Å². The number of carbonyl (C=O) groups is 2. The van der Waals surface area contributed by atoms with E-state index in [9.17, 15) is 9.59 Å². The van der Waals surface area contributed by atoms with Crippen LogP contribution in [0.4, 0.5) is 0 Å². The molecule has 0 aliphatic heterocycles. The first-order chi connectivity index (χ1) is 15.5. The van der Waals surface area contributed by atoms with Crippen molar-refractivity contribution in [2.24, 2.45) is 10.2 Å². The third kappa shape index (κ3) is 7.33. The van der Waals surface area contributed by atoms with Crippen LogP contribution in [0, 0.1) is 0 Å². The Morgan fingerprint density at radius 2 is 1.12 bits per heavy atom. The molecule has 0 fully saturated rings. The molecule has 2 amide bonds. The number of halogens is 1. The normalized spacial score (nSPS) is 11.2. The third-order valence-electron chi connectivity index (χ3n) is 4.03.